The van der Waals surface area contributed by atoms with Crippen molar-refractivity contribution in [2.75, 3.05) is 12.4 Å². The summed E-state index contributed by atoms with van der Waals surface area (Å²) in [5.74, 6) is 0.530. The van der Waals surface area contributed by atoms with Gasteiger partial charge in [0.1, 0.15) is 5.75 Å². The number of pyridine rings is 1. The molecular formula is C23H16ClIN2O2. The third-order valence-electron chi connectivity index (χ3n) is 4.53. The number of aromatic nitrogens is 1. The van der Waals surface area contributed by atoms with E-state index in [1.54, 1.807) is 19.2 Å². The number of carbonyl (C=O) groups excluding carboxylic acids is 1. The van der Waals surface area contributed by atoms with Crippen molar-refractivity contribution in [1.82, 2.24) is 4.98 Å². The van der Waals surface area contributed by atoms with E-state index >= 15 is 0 Å². The number of rotatable bonds is 4. The van der Waals surface area contributed by atoms with Crippen LogP contribution in [0.15, 0.2) is 72.8 Å². The van der Waals surface area contributed by atoms with Crippen LogP contribution in [0.25, 0.3) is 22.2 Å². The lowest BCUT2D eigenvalue weighted by atomic mass is 10.0. The number of nitrogens with one attached hydrogen (secondary N) is 1. The zero-order valence-electron chi connectivity index (χ0n) is 15.4. The normalized spacial score (nSPS) is 10.7. The third kappa shape index (κ3) is 4.21. The second-order valence-corrected chi connectivity index (χ2v) is 8.03. The number of nitrogens with zero attached hydrogens (tertiary/aromatic N) is 1. The van der Waals surface area contributed by atoms with Crippen molar-refractivity contribution in [2.24, 2.45) is 0 Å². The highest BCUT2D eigenvalue weighted by Gasteiger charge is 2.15. The van der Waals surface area contributed by atoms with Crippen LogP contribution in [0.5, 0.6) is 5.75 Å². The molecule has 1 N–H and O–H groups in total. The molecule has 0 aliphatic heterocycles. The number of para-hydroxylation sites is 1. The predicted octanol–water partition coefficient (Wildman–Crippen LogP) is 6.42. The molecule has 4 aromatic rings. The average molecular weight is 515 g/mol. The first-order chi connectivity index (χ1) is 14.0. The summed E-state index contributed by atoms with van der Waals surface area (Å²) in [5, 5.41) is 4.20. The van der Waals surface area contributed by atoms with Gasteiger partial charge in [0.15, 0.2) is 0 Å². The molecule has 4 nitrogen and oxygen atoms in total. The molecule has 0 aliphatic rings. The first-order valence-electron chi connectivity index (χ1n) is 8.86. The number of methoxy groups -OCH3 is 1. The fourth-order valence-electron chi connectivity index (χ4n) is 3.05. The molecule has 6 heteroatoms. The van der Waals surface area contributed by atoms with Gasteiger partial charge in [0.05, 0.1) is 34.6 Å². The van der Waals surface area contributed by atoms with Crippen molar-refractivity contribution < 1.29 is 9.53 Å². The molecule has 0 saturated carbocycles. The minimum absolute atomic E-state index is 0.235. The average Bonchev–Trinajstić information content (AvgIpc) is 2.75. The Morgan fingerprint density at radius 2 is 1.79 bits per heavy atom. The van der Waals surface area contributed by atoms with E-state index < -0.39 is 0 Å². The van der Waals surface area contributed by atoms with E-state index in [2.05, 4.69) is 27.9 Å². The van der Waals surface area contributed by atoms with Gasteiger partial charge in [0.25, 0.3) is 5.91 Å². The fourth-order valence-corrected chi connectivity index (χ4v) is 3.96. The third-order valence-corrected chi connectivity index (χ3v) is 5.51. The first kappa shape index (κ1) is 19.7. The molecule has 4 rings (SSSR count). The van der Waals surface area contributed by atoms with Gasteiger partial charge in [-0.2, -0.15) is 0 Å². The van der Waals surface area contributed by atoms with Crippen LogP contribution >= 0.6 is 34.2 Å². The Kier molecular flexibility index (Phi) is 5.69. The number of benzene rings is 3. The van der Waals surface area contributed by atoms with Gasteiger partial charge in [-0.3, -0.25) is 4.79 Å². The van der Waals surface area contributed by atoms with Crippen LogP contribution in [0.3, 0.4) is 0 Å². The summed E-state index contributed by atoms with van der Waals surface area (Å²) >= 11 is 8.47. The Morgan fingerprint density at radius 1 is 1.03 bits per heavy atom. The highest BCUT2D eigenvalue weighted by atomic mass is 127. The summed E-state index contributed by atoms with van der Waals surface area (Å²) in [5.41, 5.74) is 3.47. The maximum Gasteiger partial charge on any atom is 0.256 e. The van der Waals surface area contributed by atoms with Crippen LogP contribution < -0.4 is 10.1 Å². The summed E-state index contributed by atoms with van der Waals surface area (Å²) in [6.07, 6.45) is 0. The first-order valence-corrected chi connectivity index (χ1v) is 10.3. The van der Waals surface area contributed by atoms with E-state index in [-0.39, 0.29) is 5.91 Å². The molecule has 0 atom stereocenters. The molecular weight excluding hydrogens is 499 g/mol. The van der Waals surface area contributed by atoms with Gasteiger partial charge >= 0.3 is 0 Å². The second-order valence-electron chi connectivity index (χ2n) is 6.38. The maximum absolute atomic E-state index is 13.1. The standard InChI is InChI=1S/C23H16ClIN2O2/c1-29-16-9-6-14(7-10-16)22-13-18(17-4-2-3-5-20(17)26-22)23(28)27-21-11-8-15(25)12-19(21)24/h2-13H,1H3,(H,27,28). The van der Waals surface area contributed by atoms with Gasteiger partial charge in [0.2, 0.25) is 0 Å². The Morgan fingerprint density at radius 3 is 2.52 bits per heavy atom. The van der Waals surface area contributed by atoms with Crippen LogP contribution in [-0.2, 0) is 0 Å². The zero-order valence-corrected chi connectivity index (χ0v) is 18.4. The highest BCUT2D eigenvalue weighted by molar-refractivity contribution is 14.1. The van der Waals surface area contributed by atoms with Crippen LogP contribution in [0.1, 0.15) is 10.4 Å². The number of fused-ring (bicyclic) bond motifs is 1. The molecule has 1 aromatic heterocycles. The van der Waals surface area contributed by atoms with E-state index in [9.17, 15) is 4.79 Å². The minimum Gasteiger partial charge on any atom is -0.497 e. The van der Waals surface area contributed by atoms with Crippen LogP contribution in [0, 0.1) is 3.57 Å². The summed E-state index contributed by atoms with van der Waals surface area (Å²) in [7, 11) is 1.63. The lowest BCUT2D eigenvalue weighted by Crippen LogP contribution is -2.13. The van der Waals surface area contributed by atoms with E-state index in [1.807, 2.05) is 60.7 Å². The molecule has 144 valence electrons. The maximum atomic E-state index is 13.1. The Balaban J connectivity index is 1.78. The molecule has 3 aromatic carbocycles. The van der Waals surface area contributed by atoms with E-state index in [0.717, 1.165) is 25.8 Å². The van der Waals surface area contributed by atoms with Crippen molar-refractivity contribution in [2.45, 2.75) is 0 Å². The van der Waals surface area contributed by atoms with Gasteiger partial charge in [-0.05, 0) is 77.2 Å². The summed E-state index contributed by atoms with van der Waals surface area (Å²) in [4.78, 5) is 17.9. The van der Waals surface area contributed by atoms with Gasteiger partial charge in [-0.1, -0.05) is 29.8 Å². The van der Waals surface area contributed by atoms with Gasteiger partial charge in [0, 0.05) is 14.5 Å². The van der Waals surface area contributed by atoms with Crippen molar-refractivity contribution in [1.29, 1.82) is 0 Å². The topological polar surface area (TPSA) is 51.2 Å². The SMILES string of the molecule is COc1ccc(-c2cc(C(=O)Nc3ccc(I)cc3Cl)c3ccccc3n2)cc1. The number of carbonyl (C=O) groups is 1. The smallest absolute Gasteiger partial charge is 0.256 e. The van der Waals surface area contributed by atoms with Crippen LogP contribution in [0.2, 0.25) is 5.02 Å². The van der Waals surface area contributed by atoms with Crippen molar-refractivity contribution in [3.8, 4) is 17.0 Å². The van der Waals surface area contributed by atoms with E-state index in [1.165, 1.54) is 0 Å². The summed E-state index contributed by atoms with van der Waals surface area (Å²) in [6.45, 7) is 0. The molecule has 0 radical (unpaired) electrons. The molecule has 0 fully saturated rings. The zero-order chi connectivity index (χ0) is 20.4. The lowest BCUT2D eigenvalue weighted by molar-refractivity contribution is 0.102. The van der Waals surface area contributed by atoms with Crippen molar-refractivity contribution in [3.05, 3.63) is 87.0 Å². The number of halogens is 2. The summed E-state index contributed by atoms with van der Waals surface area (Å²) in [6, 6.07) is 22.5. The number of hydrogen-bond acceptors (Lipinski definition) is 3. The molecule has 1 amide bonds. The van der Waals surface area contributed by atoms with Gasteiger partial charge < -0.3 is 10.1 Å². The Hall–Kier alpha value is -2.64. The molecule has 0 aliphatic carbocycles. The quantitative estimate of drug-likeness (QED) is 0.320. The largest absolute Gasteiger partial charge is 0.497 e. The fraction of sp³-hybridized carbons (Fsp3) is 0.0435. The second kappa shape index (κ2) is 8.39. The Bertz CT molecular complexity index is 1210. The number of amides is 1. The monoisotopic (exact) mass is 514 g/mol. The van der Waals surface area contributed by atoms with E-state index in [4.69, 9.17) is 21.3 Å². The molecule has 1 heterocycles. The van der Waals surface area contributed by atoms with Crippen LogP contribution in [-0.4, -0.2) is 18.0 Å². The minimum atomic E-state index is -0.235. The van der Waals surface area contributed by atoms with Gasteiger partial charge in [-0.25, -0.2) is 4.98 Å². The van der Waals surface area contributed by atoms with Crippen molar-refractivity contribution in [3.63, 3.8) is 0 Å². The molecule has 0 spiro atoms. The number of hydrogen-bond donors (Lipinski definition) is 1. The van der Waals surface area contributed by atoms with Gasteiger partial charge in [-0.15, -0.1) is 0 Å². The van der Waals surface area contributed by atoms with Crippen molar-refractivity contribution >= 4 is 56.7 Å². The summed E-state index contributed by atoms with van der Waals surface area (Å²) < 4.78 is 6.23. The molecule has 0 unspecified atom stereocenters. The predicted molar refractivity (Wildman–Crippen MR) is 126 cm³/mol. The Labute approximate surface area is 187 Å². The highest BCUT2D eigenvalue weighted by Crippen LogP contribution is 2.28. The molecule has 0 bridgehead atoms. The molecule has 0 saturated heterocycles. The van der Waals surface area contributed by atoms with Crippen LogP contribution in [0.4, 0.5) is 5.69 Å². The molecule has 29 heavy (non-hydrogen) atoms. The van der Waals surface area contributed by atoms with E-state index in [0.29, 0.717) is 22.0 Å². The number of ether oxygens (including phenoxy) is 1. The number of anilines is 1. The lowest BCUT2D eigenvalue weighted by Gasteiger charge is -2.12.